The standard InChI is InChI=1S/C12H18Br2N2/c1-3-16(4-2)12(8-15)9-5-6-10(13)11(14)7-9/h5-7,12H,3-4,8,15H2,1-2H3. The maximum Gasteiger partial charge on any atom is 0.0470 e. The third-order valence-electron chi connectivity index (χ3n) is 2.80. The van der Waals surface area contributed by atoms with Crippen LogP contribution in [-0.4, -0.2) is 24.5 Å². The van der Waals surface area contributed by atoms with E-state index in [9.17, 15) is 0 Å². The molecule has 0 aliphatic rings. The molecule has 2 nitrogen and oxygen atoms in total. The van der Waals surface area contributed by atoms with Crippen LogP contribution in [0.15, 0.2) is 27.1 Å². The van der Waals surface area contributed by atoms with Gasteiger partial charge >= 0.3 is 0 Å². The SMILES string of the molecule is CCN(CC)C(CN)c1ccc(Br)c(Br)c1. The second-order valence-electron chi connectivity index (χ2n) is 3.65. The quantitative estimate of drug-likeness (QED) is 0.880. The molecule has 0 radical (unpaired) electrons. The monoisotopic (exact) mass is 348 g/mol. The van der Waals surface area contributed by atoms with Gasteiger partial charge in [0.1, 0.15) is 0 Å². The summed E-state index contributed by atoms with van der Waals surface area (Å²) >= 11 is 7.01. The molecular weight excluding hydrogens is 332 g/mol. The Morgan fingerprint density at radius 3 is 2.25 bits per heavy atom. The van der Waals surface area contributed by atoms with Crippen LogP contribution in [0.25, 0.3) is 0 Å². The number of benzene rings is 1. The average Bonchev–Trinajstić information content (AvgIpc) is 2.29. The lowest BCUT2D eigenvalue weighted by atomic mass is 10.1. The molecule has 1 rings (SSSR count). The van der Waals surface area contributed by atoms with Gasteiger partial charge in [0.25, 0.3) is 0 Å². The number of nitrogens with zero attached hydrogens (tertiary/aromatic N) is 1. The molecule has 0 bridgehead atoms. The van der Waals surface area contributed by atoms with Crippen LogP contribution >= 0.6 is 31.9 Å². The second kappa shape index (κ2) is 6.74. The van der Waals surface area contributed by atoms with Crippen LogP contribution in [0.1, 0.15) is 25.5 Å². The fourth-order valence-electron chi connectivity index (χ4n) is 1.88. The lowest BCUT2D eigenvalue weighted by Crippen LogP contribution is -2.33. The number of rotatable bonds is 5. The lowest BCUT2D eigenvalue weighted by molar-refractivity contribution is 0.224. The highest BCUT2D eigenvalue weighted by Gasteiger charge is 2.16. The zero-order chi connectivity index (χ0) is 12.1. The first-order chi connectivity index (χ1) is 7.63. The van der Waals surface area contributed by atoms with E-state index < -0.39 is 0 Å². The Bertz CT molecular complexity index is 338. The molecule has 0 aliphatic carbocycles. The van der Waals surface area contributed by atoms with Crippen LogP contribution < -0.4 is 5.73 Å². The Kier molecular flexibility index (Phi) is 5.97. The van der Waals surface area contributed by atoms with Gasteiger partial charge in [-0.15, -0.1) is 0 Å². The Morgan fingerprint density at radius 1 is 1.19 bits per heavy atom. The smallest absolute Gasteiger partial charge is 0.0470 e. The van der Waals surface area contributed by atoms with E-state index in [1.54, 1.807) is 0 Å². The Labute approximate surface area is 114 Å². The van der Waals surface area contributed by atoms with Crippen LogP contribution in [0, 0.1) is 0 Å². The largest absolute Gasteiger partial charge is 0.329 e. The summed E-state index contributed by atoms with van der Waals surface area (Å²) in [6.07, 6.45) is 0. The van der Waals surface area contributed by atoms with Gasteiger partial charge in [-0.05, 0) is 62.6 Å². The van der Waals surface area contributed by atoms with Crippen molar-refractivity contribution in [3.05, 3.63) is 32.7 Å². The summed E-state index contributed by atoms with van der Waals surface area (Å²) in [5, 5.41) is 0. The fourth-order valence-corrected chi connectivity index (χ4v) is 2.52. The first kappa shape index (κ1) is 14.2. The summed E-state index contributed by atoms with van der Waals surface area (Å²) in [7, 11) is 0. The first-order valence-electron chi connectivity index (χ1n) is 5.53. The van der Waals surface area contributed by atoms with Crippen molar-refractivity contribution in [3.63, 3.8) is 0 Å². The minimum Gasteiger partial charge on any atom is -0.329 e. The summed E-state index contributed by atoms with van der Waals surface area (Å²) in [4.78, 5) is 2.37. The third-order valence-corrected chi connectivity index (χ3v) is 4.68. The molecule has 0 heterocycles. The molecule has 0 amide bonds. The van der Waals surface area contributed by atoms with Gasteiger partial charge in [0.15, 0.2) is 0 Å². The zero-order valence-corrected chi connectivity index (χ0v) is 12.9. The van der Waals surface area contributed by atoms with Crippen molar-refractivity contribution in [1.82, 2.24) is 4.90 Å². The molecule has 1 aromatic carbocycles. The summed E-state index contributed by atoms with van der Waals surface area (Å²) in [6, 6.07) is 6.63. The molecule has 2 N–H and O–H groups in total. The van der Waals surface area contributed by atoms with Gasteiger partial charge in [-0.2, -0.15) is 0 Å². The van der Waals surface area contributed by atoms with Gasteiger partial charge in [-0.3, -0.25) is 4.90 Å². The molecule has 1 aromatic rings. The van der Waals surface area contributed by atoms with Gasteiger partial charge in [0.05, 0.1) is 0 Å². The van der Waals surface area contributed by atoms with E-state index in [2.05, 4.69) is 68.8 Å². The van der Waals surface area contributed by atoms with Gasteiger partial charge in [-0.25, -0.2) is 0 Å². The van der Waals surface area contributed by atoms with E-state index in [0.29, 0.717) is 12.6 Å². The summed E-state index contributed by atoms with van der Waals surface area (Å²) in [5.74, 6) is 0. The molecule has 0 spiro atoms. The topological polar surface area (TPSA) is 29.3 Å². The number of likely N-dealkylation sites (N-methyl/N-ethyl adjacent to an activating group) is 1. The highest BCUT2D eigenvalue weighted by molar-refractivity contribution is 9.13. The van der Waals surface area contributed by atoms with Crippen molar-refractivity contribution < 1.29 is 0 Å². The highest BCUT2D eigenvalue weighted by Crippen LogP contribution is 2.28. The minimum atomic E-state index is 0.305. The van der Waals surface area contributed by atoms with Gasteiger partial charge in [-0.1, -0.05) is 19.9 Å². The molecule has 0 saturated carbocycles. The Hall–Kier alpha value is 0.1000. The van der Waals surface area contributed by atoms with Crippen molar-refractivity contribution in [3.8, 4) is 0 Å². The van der Waals surface area contributed by atoms with Crippen LogP contribution in [0.4, 0.5) is 0 Å². The van der Waals surface area contributed by atoms with E-state index >= 15 is 0 Å². The Balaban J connectivity index is 2.98. The summed E-state index contributed by atoms with van der Waals surface area (Å²) in [6.45, 7) is 7.02. The molecular formula is C12H18Br2N2. The molecule has 16 heavy (non-hydrogen) atoms. The van der Waals surface area contributed by atoms with Gasteiger partial charge in [0.2, 0.25) is 0 Å². The number of hydrogen-bond donors (Lipinski definition) is 1. The lowest BCUT2D eigenvalue weighted by Gasteiger charge is -2.29. The molecule has 0 fully saturated rings. The van der Waals surface area contributed by atoms with Crippen molar-refractivity contribution in [1.29, 1.82) is 0 Å². The van der Waals surface area contributed by atoms with Crippen LogP contribution in [0.5, 0.6) is 0 Å². The van der Waals surface area contributed by atoms with Gasteiger partial charge in [0, 0.05) is 21.5 Å². The van der Waals surface area contributed by atoms with Gasteiger partial charge < -0.3 is 5.73 Å². The minimum absolute atomic E-state index is 0.305. The maximum absolute atomic E-state index is 5.88. The third kappa shape index (κ3) is 3.29. The predicted molar refractivity (Wildman–Crippen MR) is 76.6 cm³/mol. The molecule has 1 atom stereocenters. The predicted octanol–water partition coefficient (Wildman–Crippen LogP) is 3.55. The first-order valence-corrected chi connectivity index (χ1v) is 7.11. The van der Waals surface area contributed by atoms with E-state index in [0.717, 1.165) is 22.0 Å². The number of halogens is 2. The van der Waals surface area contributed by atoms with Crippen LogP contribution in [0.2, 0.25) is 0 Å². The molecule has 0 aliphatic heterocycles. The summed E-state index contributed by atoms with van der Waals surface area (Å²) < 4.78 is 2.15. The van der Waals surface area contributed by atoms with Crippen LogP contribution in [-0.2, 0) is 0 Å². The van der Waals surface area contributed by atoms with Crippen molar-refractivity contribution in [2.24, 2.45) is 5.73 Å². The normalized spacial score (nSPS) is 13.1. The van der Waals surface area contributed by atoms with Crippen molar-refractivity contribution in [2.75, 3.05) is 19.6 Å². The van der Waals surface area contributed by atoms with E-state index in [1.807, 2.05) is 0 Å². The zero-order valence-electron chi connectivity index (χ0n) is 9.71. The van der Waals surface area contributed by atoms with E-state index in [1.165, 1.54) is 5.56 Å². The average molecular weight is 350 g/mol. The van der Waals surface area contributed by atoms with Crippen molar-refractivity contribution in [2.45, 2.75) is 19.9 Å². The van der Waals surface area contributed by atoms with Crippen molar-refractivity contribution >= 4 is 31.9 Å². The number of nitrogens with two attached hydrogens (primary N) is 1. The van der Waals surface area contributed by atoms with E-state index in [-0.39, 0.29) is 0 Å². The molecule has 90 valence electrons. The molecule has 0 saturated heterocycles. The molecule has 1 unspecified atom stereocenters. The molecule has 0 aromatic heterocycles. The number of hydrogen-bond acceptors (Lipinski definition) is 2. The van der Waals surface area contributed by atoms with E-state index in [4.69, 9.17) is 5.73 Å². The fraction of sp³-hybridized carbons (Fsp3) is 0.500. The second-order valence-corrected chi connectivity index (χ2v) is 5.35. The molecule has 4 heteroatoms. The summed E-state index contributed by atoms with van der Waals surface area (Å²) in [5.41, 5.74) is 7.14. The highest BCUT2D eigenvalue weighted by atomic mass is 79.9. The Morgan fingerprint density at radius 2 is 1.81 bits per heavy atom. The maximum atomic E-state index is 5.88. The van der Waals surface area contributed by atoms with Crippen LogP contribution in [0.3, 0.4) is 0 Å².